The molecule has 2 aromatic heterocycles. The minimum atomic E-state index is -0.944. The molecule has 84 valence electrons. The first-order valence-electron chi connectivity index (χ1n) is 4.54. The van der Waals surface area contributed by atoms with E-state index in [1.54, 1.807) is 12.4 Å². The summed E-state index contributed by atoms with van der Waals surface area (Å²) in [6, 6.07) is 0. The third kappa shape index (κ3) is 2.19. The highest BCUT2D eigenvalue weighted by Crippen LogP contribution is 2.22. The minimum Gasteiger partial charge on any atom is -0.477 e. The Hall–Kier alpha value is -1.89. The van der Waals surface area contributed by atoms with Crippen LogP contribution in [0.1, 0.15) is 15.2 Å². The Bertz CT molecular complexity index is 479. The van der Waals surface area contributed by atoms with Crippen LogP contribution >= 0.6 is 11.3 Å². The van der Waals surface area contributed by atoms with Gasteiger partial charge in [-0.05, 0) is 0 Å². The molecule has 6 nitrogen and oxygen atoms in total. The van der Waals surface area contributed by atoms with Crippen molar-refractivity contribution in [3.05, 3.63) is 29.0 Å². The first kappa shape index (κ1) is 10.6. The Labute approximate surface area is 95.6 Å². The molecule has 0 aliphatic carbocycles. The highest BCUT2D eigenvalue weighted by molar-refractivity contribution is 7.17. The van der Waals surface area contributed by atoms with E-state index in [0.29, 0.717) is 11.7 Å². The van der Waals surface area contributed by atoms with Gasteiger partial charge in [-0.15, -0.1) is 0 Å². The molecule has 0 spiro atoms. The molecule has 2 heterocycles. The van der Waals surface area contributed by atoms with Gasteiger partial charge in [0.25, 0.3) is 0 Å². The third-order valence-corrected chi connectivity index (χ3v) is 3.11. The number of nitrogens with zero attached hydrogens (tertiary/aromatic N) is 3. The lowest BCUT2D eigenvalue weighted by atomic mass is 10.3. The van der Waals surface area contributed by atoms with E-state index in [1.165, 1.54) is 6.20 Å². The number of anilines is 1. The number of carboxylic acid groups (broad SMARTS) is 1. The van der Waals surface area contributed by atoms with Crippen LogP contribution in [0.5, 0.6) is 0 Å². The van der Waals surface area contributed by atoms with Crippen molar-refractivity contribution < 1.29 is 9.90 Å². The summed E-state index contributed by atoms with van der Waals surface area (Å²) >= 11 is 1.16. The van der Waals surface area contributed by atoms with Crippen LogP contribution in [-0.2, 0) is 6.54 Å². The van der Waals surface area contributed by atoms with Gasteiger partial charge < -0.3 is 10.0 Å². The molecule has 0 radical (unpaired) electrons. The molecule has 0 aromatic carbocycles. The molecule has 0 saturated carbocycles. The Morgan fingerprint density at radius 3 is 3.00 bits per heavy atom. The number of carboxylic acids is 1. The number of hydrogen-bond acceptors (Lipinski definition) is 5. The van der Waals surface area contributed by atoms with Gasteiger partial charge in [-0.3, -0.25) is 5.10 Å². The van der Waals surface area contributed by atoms with Gasteiger partial charge in [-0.1, -0.05) is 11.3 Å². The summed E-state index contributed by atoms with van der Waals surface area (Å²) in [5, 5.41) is 16.0. The fourth-order valence-electron chi connectivity index (χ4n) is 1.25. The normalized spacial score (nSPS) is 10.3. The Balaban J connectivity index is 2.08. The average molecular weight is 238 g/mol. The molecule has 2 N–H and O–H groups in total. The molecule has 7 heteroatoms. The summed E-state index contributed by atoms with van der Waals surface area (Å²) in [5.41, 5.74) is 1.02. The molecule has 0 atom stereocenters. The Morgan fingerprint density at radius 2 is 2.44 bits per heavy atom. The maximum absolute atomic E-state index is 10.7. The van der Waals surface area contributed by atoms with Gasteiger partial charge in [0.15, 0.2) is 5.13 Å². The van der Waals surface area contributed by atoms with Crippen molar-refractivity contribution in [1.82, 2.24) is 15.2 Å². The molecule has 0 saturated heterocycles. The molecule has 16 heavy (non-hydrogen) atoms. The summed E-state index contributed by atoms with van der Waals surface area (Å²) in [5.74, 6) is -0.944. The smallest absolute Gasteiger partial charge is 0.347 e. The number of aromatic carboxylic acids is 1. The topological polar surface area (TPSA) is 82.1 Å². The first-order valence-corrected chi connectivity index (χ1v) is 5.36. The molecule has 0 bridgehead atoms. The molecule has 2 rings (SSSR count). The number of aromatic amines is 1. The number of carbonyl (C=O) groups is 1. The van der Waals surface area contributed by atoms with Crippen LogP contribution in [0.3, 0.4) is 0 Å². The van der Waals surface area contributed by atoms with Crippen LogP contribution in [-0.4, -0.2) is 33.3 Å². The van der Waals surface area contributed by atoms with Gasteiger partial charge in [0.2, 0.25) is 0 Å². The number of H-pyrrole nitrogens is 1. The van der Waals surface area contributed by atoms with Crippen LogP contribution in [0.15, 0.2) is 18.6 Å². The SMILES string of the molecule is CN(Cc1cn[nH]c1)c1ncc(C(=O)O)s1. The van der Waals surface area contributed by atoms with Crippen molar-refractivity contribution in [3.63, 3.8) is 0 Å². The van der Waals surface area contributed by atoms with Gasteiger partial charge in [0.05, 0.1) is 12.4 Å². The highest BCUT2D eigenvalue weighted by atomic mass is 32.1. The summed E-state index contributed by atoms with van der Waals surface area (Å²) < 4.78 is 0. The zero-order valence-corrected chi connectivity index (χ0v) is 9.36. The molecular formula is C9H10N4O2S. The van der Waals surface area contributed by atoms with Crippen molar-refractivity contribution in [2.24, 2.45) is 0 Å². The van der Waals surface area contributed by atoms with Gasteiger partial charge in [0, 0.05) is 25.4 Å². The monoisotopic (exact) mass is 238 g/mol. The van der Waals surface area contributed by atoms with E-state index in [0.717, 1.165) is 16.9 Å². The van der Waals surface area contributed by atoms with Crippen LogP contribution in [0.4, 0.5) is 5.13 Å². The minimum absolute atomic E-state index is 0.244. The average Bonchev–Trinajstić information content (AvgIpc) is 2.86. The second-order valence-electron chi connectivity index (χ2n) is 3.27. The molecule has 0 fully saturated rings. The Kier molecular flexibility index (Phi) is 2.86. The van der Waals surface area contributed by atoms with E-state index in [-0.39, 0.29) is 4.88 Å². The largest absolute Gasteiger partial charge is 0.477 e. The number of aromatic nitrogens is 3. The summed E-state index contributed by atoms with van der Waals surface area (Å²) in [4.78, 5) is 16.9. The molecule has 0 unspecified atom stereocenters. The second kappa shape index (κ2) is 4.31. The first-order chi connectivity index (χ1) is 7.66. The lowest BCUT2D eigenvalue weighted by Gasteiger charge is -2.13. The number of hydrogen-bond donors (Lipinski definition) is 2. The number of nitrogens with one attached hydrogen (secondary N) is 1. The van der Waals surface area contributed by atoms with Crippen molar-refractivity contribution >= 4 is 22.4 Å². The maximum atomic E-state index is 10.7. The lowest BCUT2D eigenvalue weighted by molar-refractivity contribution is 0.0702. The van der Waals surface area contributed by atoms with E-state index in [1.807, 2.05) is 11.9 Å². The van der Waals surface area contributed by atoms with Crippen LogP contribution in [0, 0.1) is 0 Å². The van der Waals surface area contributed by atoms with Gasteiger partial charge in [-0.2, -0.15) is 5.10 Å². The van der Waals surface area contributed by atoms with Crippen LogP contribution < -0.4 is 4.90 Å². The third-order valence-electron chi connectivity index (χ3n) is 2.01. The van der Waals surface area contributed by atoms with Crippen molar-refractivity contribution in [3.8, 4) is 0 Å². The molecular weight excluding hydrogens is 228 g/mol. The van der Waals surface area contributed by atoms with Gasteiger partial charge in [0.1, 0.15) is 4.88 Å². The van der Waals surface area contributed by atoms with Gasteiger partial charge >= 0.3 is 5.97 Å². The molecule has 0 aliphatic rings. The van der Waals surface area contributed by atoms with E-state index in [2.05, 4.69) is 15.2 Å². The molecule has 0 aliphatic heterocycles. The maximum Gasteiger partial charge on any atom is 0.347 e. The highest BCUT2D eigenvalue weighted by Gasteiger charge is 2.11. The van der Waals surface area contributed by atoms with E-state index in [9.17, 15) is 4.79 Å². The summed E-state index contributed by atoms with van der Waals surface area (Å²) in [6.07, 6.45) is 4.89. The van der Waals surface area contributed by atoms with Crippen LogP contribution in [0.2, 0.25) is 0 Å². The van der Waals surface area contributed by atoms with Crippen molar-refractivity contribution in [2.45, 2.75) is 6.54 Å². The predicted molar refractivity (Wildman–Crippen MR) is 59.8 cm³/mol. The Morgan fingerprint density at radius 1 is 1.62 bits per heavy atom. The summed E-state index contributed by atoms with van der Waals surface area (Å²) in [6.45, 7) is 0.642. The number of thiazole rings is 1. The lowest BCUT2D eigenvalue weighted by Crippen LogP contribution is -2.15. The zero-order valence-electron chi connectivity index (χ0n) is 8.54. The van der Waals surface area contributed by atoms with E-state index >= 15 is 0 Å². The van der Waals surface area contributed by atoms with Crippen molar-refractivity contribution in [1.29, 1.82) is 0 Å². The fourth-order valence-corrected chi connectivity index (χ4v) is 1.96. The molecule has 2 aromatic rings. The van der Waals surface area contributed by atoms with Crippen molar-refractivity contribution in [2.75, 3.05) is 11.9 Å². The standard InChI is InChI=1S/C9H10N4O2S/c1-13(5-6-2-11-12-3-6)9-10-4-7(16-9)8(14)15/h2-4H,5H2,1H3,(H,11,12)(H,14,15). The van der Waals surface area contributed by atoms with E-state index in [4.69, 9.17) is 5.11 Å². The zero-order chi connectivity index (χ0) is 11.5. The fraction of sp³-hybridized carbons (Fsp3) is 0.222. The quantitative estimate of drug-likeness (QED) is 0.836. The molecule has 0 amide bonds. The number of rotatable bonds is 4. The second-order valence-corrected chi connectivity index (χ2v) is 4.28. The van der Waals surface area contributed by atoms with E-state index < -0.39 is 5.97 Å². The van der Waals surface area contributed by atoms with Crippen LogP contribution in [0.25, 0.3) is 0 Å². The predicted octanol–water partition coefficient (Wildman–Crippen LogP) is 1.20. The van der Waals surface area contributed by atoms with Gasteiger partial charge in [-0.25, -0.2) is 9.78 Å². The summed E-state index contributed by atoms with van der Waals surface area (Å²) in [7, 11) is 1.86.